The third-order valence-corrected chi connectivity index (χ3v) is 15.1. The Kier molecular flexibility index (Phi) is 6.00. The van der Waals surface area contributed by atoms with Crippen LogP contribution in [-0.2, 0) is 0 Å². The Morgan fingerprint density at radius 3 is 1.63 bits per heavy atom. The molecule has 1 unspecified atom stereocenters. The molecule has 30 heavy (non-hydrogen) atoms. The highest BCUT2D eigenvalue weighted by Crippen LogP contribution is 2.50. The van der Waals surface area contributed by atoms with Crippen LogP contribution in [0.4, 0.5) is 0 Å². The maximum Gasteiger partial charge on any atom is 0.186 e. The van der Waals surface area contributed by atoms with Gasteiger partial charge in [0.05, 0.1) is 4.58 Å². The van der Waals surface area contributed by atoms with E-state index in [1.165, 1.54) is 20.4 Å². The number of thioether (sulfide) groups is 2. The van der Waals surface area contributed by atoms with Crippen molar-refractivity contribution in [3.05, 3.63) is 124 Å². The summed E-state index contributed by atoms with van der Waals surface area (Å²) in [5.74, 6) is 1.06. The highest BCUT2D eigenvalue weighted by Gasteiger charge is 2.45. The summed E-state index contributed by atoms with van der Waals surface area (Å²) in [5.41, 5.74) is 0. The molecule has 0 amide bonds. The molecular formula is C26H22S3Si. The molecule has 148 valence electrons. The lowest BCUT2D eigenvalue weighted by Gasteiger charge is -2.38. The largest absolute Gasteiger partial charge is 0.186 e. The highest BCUT2D eigenvalue weighted by molar-refractivity contribution is 8.20. The lowest BCUT2D eigenvalue weighted by atomic mass is 10.3. The predicted octanol–water partition coefficient (Wildman–Crippen LogP) is 5.82. The smallest absolute Gasteiger partial charge is 0.147 e. The third kappa shape index (κ3) is 3.63. The molecule has 2 heterocycles. The monoisotopic (exact) mass is 458 g/mol. The van der Waals surface area contributed by atoms with Crippen molar-refractivity contribution in [3.8, 4) is 0 Å². The van der Waals surface area contributed by atoms with Crippen LogP contribution in [0.3, 0.4) is 0 Å². The molecule has 0 spiro atoms. The second-order valence-corrected chi connectivity index (χ2v) is 14.9. The van der Waals surface area contributed by atoms with Crippen molar-refractivity contribution in [2.45, 2.75) is 4.58 Å². The zero-order valence-electron chi connectivity index (χ0n) is 16.5. The fraction of sp³-hybridized carbons (Fsp3) is 0.0769. The fourth-order valence-corrected chi connectivity index (χ4v) is 14.5. The third-order valence-electron chi connectivity index (χ3n) is 5.52. The van der Waals surface area contributed by atoms with Gasteiger partial charge in [-0.05, 0) is 31.5 Å². The van der Waals surface area contributed by atoms with Gasteiger partial charge >= 0.3 is 0 Å². The minimum atomic E-state index is -2.36. The van der Waals surface area contributed by atoms with Crippen LogP contribution < -0.4 is 15.6 Å². The number of thiophene rings is 1. The second kappa shape index (κ2) is 9.02. The van der Waals surface area contributed by atoms with E-state index in [4.69, 9.17) is 0 Å². The molecule has 1 aliphatic heterocycles. The molecule has 0 radical (unpaired) electrons. The van der Waals surface area contributed by atoms with Gasteiger partial charge in [-0.15, -0.1) is 34.9 Å². The van der Waals surface area contributed by atoms with Crippen LogP contribution in [0.1, 0.15) is 9.46 Å². The molecule has 3 aromatic carbocycles. The lowest BCUT2D eigenvalue weighted by molar-refractivity contribution is 1.47. The van der Waals surface area contributed by atoms with Gasteiger partial charge in [-0.25, -0.2) is 0 Å². The molecule has 5 rings (SSSR count). The average molecular weight is 459 g/mol. The maximum absolute atomic E-state index is 2.51. The molecule has 1 atom stereocenters. The zero-order valence-corrected chi connectivity index (χ0v) is 19.9. The summed E-state index contributed by atoms with van der Waals surface area (Å²) in [6.45, 7) is 0. The summed E-state index contributed by atoms with van der Waals surface area (Å²) < 4.78 is 2.02. The Morgan fingerprint density at radius 2 is 1.17 bits per heavy atom. The lowest BCUT2D eigenvalue weighted by Crippen LogP contribution is -2.68. The van der Waals surface area contributed by atoms with Crippen LogP contribution in [-0.4, -0.2) is 13.8 Å². The van der Waals surface area contributed by atoms with Gasteiger partial charge in [-0.2, -0.15) is 0 Å². The SMILES string of the molecule is C1=C([Si](c2ccccc2)(c2ccccc2)c2ccccc2)SC(c2cccs2)SC1. The molecule has 0 nitrogen and oxygen atoms in total. The van der Waals surface area contributed by atoms with Crippen LogP contribution in [0.2, 0.25) is 0 Å². The van der Waals surface area contributed by atoms with E-state index in [2.05, 4.69) is 126 Å². The maximum atomic E-state index is 2.51. The number of hydrogen-bond acceptors (Lipinski definition) is 3. The van der Waals surface area contributed by atoms with E-state index in [-0.39, 0.29) is 0 Å². The average Bonchev–Trinajstić information content (AvgIpc) is 3.37. The normalized spacial score (nSPS) is 16.8. The van der Waals surface area contributed by atoms with E-state index >= 15 is 0 Å². The second-order valence-electron chi connectivity index (χ2n) is 7.21. The Hall–Kier alpha value is -1.98. The molecule has 1 aliphatic rings. The van der Waals surface area contributed by atoms with Gasteiger partial charge in [0.2, 0.25) is 0 Å². The van der Waals surface area contributed by atoms with Crippen molar-refractivity contribution in [1.82, 2.24) is 0 Å². The molecule has 1 aromatic heterocycles. The van der Waals surface area contributed by atoms with E-state index in [0.29, 0.717) is 4.58 Å². The summed E-state index contributed by atoms with van der Waals surface area (Å²) in [6, 6.07) is 38.1. The van der Waals surface area contributed by atoms with E-state index in [1.54, 1.807) is 4.53 Å². The molecular weight excluding hydrogens is 437 g/mol. The van der Waals surface area contributed by atoms with Crippen LogP contribution in [0.25, 0.3) is 0 Å². The molecule has 0 saturated heterocycles. The predicted molar refractivity (Wildman–Crippen MR) is 139 cm³/mol. The molecule has 4 aromatic rings. The quantitative estimate of drug-likeness (QED) is 0.273. The van der Waals surface area contributed by atoms with Gasteiger partial charge in [-0.1, -0.05) is 103 Å². The Balaban J connectivity index is 1.75. The number of benzene rings is 3. The van der Waals surface area contributed by atoms with Gasteiger partial charge in [0.25, 0.3) is 0 Å². The number of rotatable bonds is 5. The molecule has 0 saturated carbocycles. The first kappa shape index (κ1) is 19.9. The summed E-state index contributed by atoms with van der Waals surface area (Å²) in [7, 11) is -2.36. The molecule has 0 N–H and O–H groups in total. The first-order valence-electron chi connectivity index (χ1n) is 10.1. The van der Waals surface area contributed by atoms with Crippen LogP contribution >= 0.6 is 34.9 Å². The van der Waals surface area contributed by atoms with Gasteiger partial charge in [0, 0.05) is 10.6 Å². The first-order chi connectivity index (χ1) is 14.9. The van der Waals surface area contributed by atoms with Crippen molar-refractivity contribution in [1.29, 1.82) is 0 Å². The summed E-state index contributed by atoms with van der Waals surface area (Å²) in [4.78, 5) is 1.47. The van der Waals surface area contributed by atoms with Gasteiger partial charge in [-0.3, -0.25) is 0 Å². The highest BCUT2D eigenvalue weighted by atomic mass is 32.2. The summed E-state index contributed by atoms with van der Waals surface area (Å²) in [5, 5.41) is 6.57. The van der Waals surface area contributed by atoms with Crippen LogP contribution in [0, 0.1) is 0 Å². The van der Waals surface area contributed by atoms with Gasteiger partial charge < -0.3 is 0 Å². The van der Waals surface area contributed by atoms with Crippen LogP contribution in [0.15, 0.2) is 119 Å². The fourth-order valence-electron chi connectivity index (χ4n) is 4.21. The van der Waals surface area contributed by atoms with Crippen molar-refractivity contribution in [2.75, 3.05) is 5.75 Å². The van der Waals surface area contributed by atoms with Crippen molar-refractivity contribution in [3.63, 3.8) is 0 Å². The van der Waals surface area contributed by atoms with Gasteiger partial charge in [0.15, 0.2) is 8.07 Å². The van der Waals surface area contributed by atoms with E-state index < -0.39 is 8.07 Å². The number of hydrogen-bond donors (Lipinski definition) is 0. The molecule has 0 bridgehead atoms. The topological polar surface area (TPSA) is 0 Å². The van der Waals surface area contributed by atoms with E-state index in [0.717, 1.165) is 5.75 Å². The molecule has 0 aliphatic carbocycles. The zero-order chi connectivity index (χ0) is 20.2. The van der Waals surface area contributed by atoms with Crippen molar-refractivity contribution in [2.24, 2.45) is 0 Å². The minimum absolute atomic E-state index is 0.466. The molecule has 4 heteroatoms. The van der Waals surface area contributed by atoms with Gasteiger partial charge in [0.1, 0.15) is 0 Å². The van der Waals surface area contributed by atoms with E-state index in [1.807, 2.05) is 23.1 Å². The standard InChI is InChI=1S/C26H22S3Si/c1-4-11-21(12-5-1)30(22-13-6-2-7-14-22,23-15-8-3-9-16-23)25-18-20-28-26(29-25)24-17-10-19-27-24/h1-19,26H,20H2. The summed E-state index contributed by atoms with van der Waals surface area (Å²) in [6.07, 6.45) is 2.51. The first-order valence-corrected chi connectivity index (χ1v) is 14.9. The Bertz CT molecular complexity index is 1010. The van der Waals surface area contributed by atoms with Crippen molar-refractivity contribution >= 4 is 58.5 Å². The van der Waals surface area contributed by atoms with Crippen molar-refractivity contribution < 1.29 is 0 Å². The summed E-state index contributed by atoms with van der Waals surface area (Å²) >= 11 is 6.00. The van der Waals surface area contributed by atoms with Crippen LogP contribution in [0.5, 0.6) is 0 Å². The molecule has 0 fully saturated rings. The van der Waals surface area contributed by atoms with E-state index in [9.17, 15) is 0 Å². The Morgan fingerprint density at radius 1 is 0.633 bits per heavy atom. The minimum Gasteiger partial charge on any atom is -0.147 e. The Labute approximate surface area is 192 Å².